The average molecular weight is 542 g/mol. The predicted octanol–water partition coefficient (Wildman–Crippen LogP) is 6.20. The van der Waals surface area contributed by atoms with Crippen LogP contribution in [0.15, 0.2) is 89.0 Å². The second-order valence-electron chi connectivity index (χ2n) is 9.66. The van der Waals surface area contributed by atoms with E-state index in [4.69, 9.17) is 25.1 Å². The van der Waals surface area contributed by atoms with Gasteiger partial charge in [-0.05, 0) is 47.3 Å². The first-order valence-corrected chi connectivity index (χ1v) is 13.7. The summed E-state index contributed by atoms with van der Waals surface area (Å²) in [6.07, 6.45) is 2.91. The van der Waals surface area contributed by atoms with E-state index in [1.54, 1.807) is 12.1 Å². The summed E-state index contributed by atoms with van der Waals surface area (Å²) >= 11 is 0. The number of aliphatic hydroxyl groups excluding tert-OH is 1. The molecule has 40 heavy (non-hydrogen) atoms. The van der Waals surface area contributed by atoms with E-state index in [0.29, 0.717) is 48.0 Å². The summed E-state index contributed by atoms with van der Waals surface area (Å²) in [6.45, 7) is 3.12. The summed E-state index contributed by atoms with van der Waals surface area (Å²) in [4.78, 5) is 22.1. The van der Waals surface area contributed by atoms with Gasteiger partial charge in [-0.25, -0.2) is 4.99 Å². The molecule has 0 bridgehead atoms. The zero-order chi connectivity index (χ0) is 28.2. The summed E-state index contributed by atoms with van der Waals surface area (Å²) in [5.74, 6) is 0.770. The van der Waals surface area contributed by atoms with Crippen molar-refractivity contribution in [3.63, 3.8) is 0 Å². The van der Waals surface area contributed by atoms with Crippen LogP contribution in [0.1, 0.15) is 55.4 Å². The van der Waals surface area contributed by atoms with Crippen molar-refractivity contribution in [2.75, 3.05) is 19.8 Å². The molecule has 208 valence electrons. The number of rotatable bonds is 14. The number of aliphatic imine (C=N–C) groups is 1. The van der Waals surface area contributed by atoms with Crippen molar-refractivity contribution >= 4 is 17.5 Å². The highest BCUT2D eigenvalue weighted by molar-refractivity contribution is 6.01. The van der Waals surface area contributed by atoms with Crippen molar-refractivity contribution in [3.05, 3.63) is 106 Å². The van der Waals surface area contributed by atoms with Gasteiger partial charge in [-0.1, -0.05) is 79.5 Å². The fourth-order valence-corrected chi connectivity index (χ4v) is 4.74. The number of nitrogens with one attached hydrogen (secondary N) is 1. The monoisotopic (exact) mass is 541 g/mol. The van der Waals surface area contributed by atoms with E-state index in [9.17, 15) is 4.79 Å². The van der Waals surface area contributed by atoms with E-state index in [1.165, 1.54) is 0 Å². The van der Waals surface area contributed by atoms with E-state index in [0.717, 1.165) is 24.8 Å². The topological polar surface area (TPSA) is 129 Å². The Bertz CT molecular complexity index is 1340. The smallest absolute Gasteiger partial charge is 0.252 e. The van der Waals surface area contributed by atoms with Gasteiger partial charge in [0.25, 0.3) is 5.91 Å². The van der Waals surface area contributed by atoms with E-state index in [2.05, 4.69) is 22.3 Å². The van der Waals surface area contributed by atoms with Crippen LogP contribution in [-0.2, 0) is 16.0 Å². The number of ether oxygens (including phenoxy) is 2. The lowest BCUT2D eigenvalue weighted by Crippen LogP contribution is -2.50. The van der Waals surface area contributed by atoms with Crippen molar-refractivity contribution in [3.8, 4) is 5.75 Å². The summed E-state index contributed by atoms with van der Waals surface area (Å²) in [5, 5.41) is 16.0. The predicted molar refractivity (Wildman–Crippen MR) is 155 cm³/mol. The van der Waals surface area contributed by atoms with Gasteiger partial charge in [0.05, 0.1) is 6.61 Å². The van der Waals surface area contributed by atoms with Gasteiger partial charge in [0.2, 0.25) is 5.90 Å². The van der Waals surface area contributed by atoms with Gasteiger partial charge < -0.3 is 19.9 Å². The fraction of sp³-hybridized carbons (Fsp3) is 0.355. The molecule has 1 amide bonds. The zero-order valence-corrected chi connectivity index (χ0v) is 22.7. The van der Waals surface area contributed by atoms with E-state index < -0.39 is 11.6 Å². The first kappa shape index (κ1) is 28.7. The number of carbonyl (C=O) groups excluding carboxylic acids is 1. The number of benzene rings is 3. The van der Waals surface area contributed by atoms with Gasteiger partial charge in [0, 0.05) is 42.2 Å². The zero-order valence-electron chi connectivity index (χ0n) is 22.7. The number of aliphatic hydroxyl groups is 1. The second-order valence-corrected chi connectivity index (χ2v) is 9.66. The number of hydrogen-bond acceptors (Lipinski definition) is 6. The molecule has 0 radical (unpaired) electrons. The molecular weight excluding hydrogens is 506 g/mol. The lowest BCUT2D eigenvalue weighted by molar-refractivity contribution is -0.128. The third-order valence-electron chi connectivity index (χ3n) is 6.80. The molecular formula is C31H35N5O4. The van der Waals surface area contributed by atoms with Crippen molar-refractivity contribution in [2.24, 2.45) is 10.1 Å². The van der Waals surface area contributed by atoms with Crippen LogP contribution < -0.4 is 10.1 Å². The molecule has 0 saturated carbocycles. The van der Waals surface area contributed by atoms with E-state index >= 15 is 0 Å². The molecule has 0 aromatic heterocycles. The van der Waals surface area contributed by atoms with Crippen molar-refractivity contribution in [1.82, 2.24) is 5.32 Å². The molecule has 2 N–H and O–H groups in total. The van der Waals surface area contributed by atoms with Gasteiger partial charge in [0.15, 0.2) is 11.6 Å². The Morgan fingerprint density at radius 1 is 1.07 bits per heavy atom. The Labute approximate surface area is 234 Å². The molecule has 3 aromatic rings. The largest absolute Gasteiger partial charge is 0.494 e. The minimum absolute atomic E-state index is 0.0645. The standard InChI is InChI=1S/C31H35N5O4/c1-2-3-9-19-33-30(38)31(22-25-13-7-8-14-27(25)35-36-32)28(23-11-5-4-6-12-23)40-29(34-31)24-15-17-26(18-16-24)39-21-10-20-37/h4-8,11-18,28,37H,2-3,9-10,19-22H2,1H3,(H,33,38)/t28-,31-/m1/s1. The van der Waals surface area contributed by atoms with Crippen LogP contribution in [0.25, 0.3) is 10.4 Å². The van der Waals surface area contributed by atoms with Crippen LogP contribution in [0.2, 0.25) is 0 Å². The van der Waals surface area contributed by atoms with E-state index in [1.807, 2.05) is 66.7 Å². The first-order valence-electron chi connectivity index (χ1n) is 13.7. The molecule has 3 aromatic carbocycles. The minimum atomic E-state index is -1.35. The van der Waals surface area contributed by atoms with Gasteiger partial charge >= 0.3 is 0 Å². The molecule has 0 aliphatic carbocycles. The maximum absolute atomic E-state index is 14.1. The number of carbonyl (C=O) groups is 1. The van der Waals surface area contributed by atoms with Gasteiger partial charge in [0.1, 0.15) is 5.75 Å². The van der Waals surface area contributed by atoms with Crippen LogP contribution in [-0.4, -0.2) is 42.2 Å². The summed E-state index contributed by atoms with van der Waals surface area (Å²) in [6, 6.07) is 24.2. The average Bonchev–Trinajstić information content (AvgIpc) is 3.38. The molecule has 9 nitrogen and oxygen atoms in total. The van der Waals surface area contributed by atoms with Crippen LogP contribution >= 0.6 is 0 Å². The summed E-state index contributed by atoms with van der Waals surface area (Å²) in [7, 11) is 0. The Balaban J connectivity index is 1.77. The Morgan fingerprint density at radius 3 is 2.55 bits per heavy atom. The van der Waals surface area contributed by atoms with Crippen LogP contribution in [0.3, 0.4) is 0 Å². The number of unbranched alkanes of at least 4 members (excludes halogenated alkanes) is 2. The van der Waals surface area contributed by atoms with Crippen molar-refractivity contribution in [1.29, 1.82) is 0 Å². The summed E-state index contributed by atoms with van der Waals surface area (Å²) < 4.78 is 12.2. The molecule has 4 rings (SSSR count). The van der Waals surface area contributed by atoms with Gasteiger partial charge in [-0.15, -0.1) is 0 Å². The van der Waals surface area contributed by atoms with Gasteiger partial charge in [-0.3, -0.25) is 4.79 Å². The van der Waals surface area contributed by atoms with E-state index in [-0.39, 0.29) is 18.9 Å². The highest BCUT2D eigenvalue weighted by Crippen LogP contribution is 2.43. The highest BCUT2D eigenvalue weighted by atomic mass is 16.5. The first-order chi connectivity index (χ1) is 19.6. The molecule has 0 unspecified atom stereocenters. The number of amides is 1. The maximum Gasteiger partial charge on any atom is 0.252 e. The Kier molecular flexibility index (Phi) is 10.2. The van der Waals surface area contributed by atoms with Crippen molar-refractivity contribution in [2.45, 2.75) is 50.7 Å². The third-order valence-corrected chi connectivity index (χ3v) is 6.80. The Hall–Kier alpha value is -4.33. The fourth-order valence-electron chi connectivity index (χ4n) is 4.74. The second kappa shape index (κ2) is 14.2. The van der Waals surface area contributed by atoms with Gasteiger partial charge in [-0.2, -0.15) is 0 Å². The highest BCUT2D eigenvalue weighted by Gasteiger charge is 2.53. The van der Waals surface area contributed by atoms with Crippen LogP contribution in [0, 0.1) is 0 Å². The maximum atomic E-state index is 14.1. The minimum Gasteiger partial charge on any atom is -0.494 e. The molecule has 1 aliphatic rings. The molecule has 1 aliphatic heterocycles. The quantitative estimate of drug-likeness (QED) is 0.109. The summed E-state index contributed by atoms with van der Waals surface area (Å²) in [5.41, 5.74) is 10.5. The van der Waals surface area contributed by atoms with Crippen LogP contribution in [0.4, 0.5) is 5.69 Å². The molecule has 0 saturated heterocycles. The normalized spacial score (nSPS) is 17.9. The lowest BCUT2D eigenvalue weighted by atomic mass is 9.81. The molecule has 1 heterocycles. The number of azide groups is 1. The number of hydrogen-bond donors (Lipinski definition) is 2. The third kappa shape index (κ3) is 6.81. The SMILES string of the molecule is CCCCCNC(=O)[C@]1(Cc2ccccc2N=[N+]=[N-])N=C(c2ccc(OCCCO)cc2)O[C@@H]1c1ccccc1. The van der Waals surface area contributed by atoms with Crippen molar-refractivity contribution < 1.29 is 19.4 Å². The van der Waals surface area contributed by atoms with Crippen LogP contribution in [0.5, 0.6) is 5.75 Å². The molecule has 9 heteroatoms. The number of nitrogens with zero attached hydrogens (tertiary/aromatic N) is 4. The molecule has 2 atom stereocenters. The molecule has 0 fully saturated rings. The lowest BCUT2D eigenvalue weighted by Gasteiger charge is -2.31. The molecule has 0 spiro atoms. The Morgan fingerprint density at radius 2 is 1.82 bits per heavy atom.